The molecule has 0 aromatic heterocycles. The van der Waals surface area contributed by atoms with Gasteiger partial charge >= 0.3 is 0 Å². The minimum Gasteiger partial charge on any atom is -0.381 e. The molecule has 0 spiro atoms. The highest BCUT2D eigenvalue weighted by atomic mass is 35.5. The first-order chi connectivity index (χ1) is 8.69. The molecular formula is C13H18Cl2N2O. The molecule has 0 radical (unpaired) electrons. The van der Waals surface area contributed by atoms with E-state index in [-0.39, 0.29) is 6.04 Å². The van der Waals surface area contributed by atoms with Gasteiger partial charge in [0.05, 0.1) is 0 Å². The molecule has 2 rings (SSSR count). The summed E-state index contributed by atoms with van der Waals surface area (Å²) in [7, 11) is 0. The van der Waals surface area contributed by atoms with E-state index in [9.17, 15) is 0 Å². The molecule has 1 aliphatic rings. The van der Waals surface area contributed by atoms with E-state index < -0.39 is 0 Å². The third kappa shape index (κ3) is 3.84. The van der Waals surface area contributed by atoms with Crippen LogP contribution in [0.5, 0.6) is 0 Å². The van der Waals surface area contributed by atoms with Gasteiger partial charge in [-0.25, -0.2) is 0 Å². The van der Waals surface area contributed by atoms with Crippen LogP contribution in [0.1, 0.15) is 18.4 Å². The molecule has 1 aliphatic heterocycles. The molecule has 0 saturated carbocycles. The van der Waals surface area contributed by atoms with Crippen molar-refractivity contribution in [3.63, 3.8) is 0 Å². The largest absolute Gasteiger partial charge is 0.381 e. The third-order valence-electron chi connectivity index (χ3n) is 3.36. The van der Waals surface area contributed by atoms with E-state index in [4.69, 9.17) is 33.8 Å². The van der Waals surface area contributed by atoms with Crippen molar-refractivity contribution in [2.24, 2.45) is 11.8 Å². The fraction of sp³-hybridized carbons (Fsp3) is 0.538. The number of nitrogens with two attached hydrogens (primary N) is 1. The molecule has 1 aromatic rings. The highest BCUT2D eigenvalue weighted by Gasteiger charge is 2.20. The van der Waals surface area contributed by atoms with Gasteiger partial charge in [0.2, 0.25) is 0 Å². The van der Waals surface area contributed by atoms with Crippen molar-refractivity contribution in [2.75, 3.05) is 13.2 Å². The molecule has 2 unspecified atom stereocenters. The van der Waals surface area contributed by atoms with Gasteiger partial charge in [0.1, 0.15) is 0 Å². The summed E-state index contributed by atoms with van der Waals surface area (Å²) in [4.78, 5) is 0. The molecule has 1 saturated heterocycles. The Bertz CT molecular complexity index is 395. The van der Waals surface area contributed by atoms with Crippen molar-refractivity contribution < 1.29 is 4.74 Å². The molecule has 1 aromatic carbocycles. The number of halogens is 2. The van der Waals surface area contributed by atoms with Crippen molar-refractivity contribution in [1.82, 2.24) is 5.43 Å². The van der Waals surface area contributed by atoms with E-state index in [1.807, 2.05) is 12.1 Å². The number of hydrazine groups is 1. The van der Waals surface area contributed by atoms with Crippen LogP contribution < -0.4 is 11.3 Å². The van der Waals surface area contributed by atoms with Gasteiger partial charge in [-0.1, -0.05) is 29.3 Å². The number of nitrogens with one attached hydrogen (secondary N) is 1. The average Bonchev–Trinajstić information content (AvgIpc) is 2.84. The Morgan fingerprint density at radius 3 is 2.89 bits per heavy atom. The van der Waals surface area contributed by atoms with Gasteiger partial charge in [-0.05, 0) is 42.9 Å². The Morgan fingerprint density at radius 2 is 2.28 bits per heavy atom. The lowest BCUT2D eigenvalue weighted by molar-refractivity contribution is 0.181. The second-order valence-corrected chi connectivity index (χ2v) is 5.61. The first kappa shape index (κ1) is 14.1. The molecule has 100 valence electrons. The molecule has 5 heteroatoms. The van der Waals surface area contributed by atoms with Crippen molar-refractivity contribution >= 4 is 23.2 Å². The van der Waals surface area contributed by atoms with Crippen LogP contribution in [-0.4, -0.2) is 19.3 Å². The van der Waals surface area contributed by atoms with Gasteiger partial charge in [0.15, 0.2) is 0 Å². The molecule has 0 amide bonds. The lowest BCUT2D eigenvalue weighted by atomic mass is 9.95. The normalized spacial score (nSPS) is 21.2. The van der Waals surface area contributed by atoms with Crippen LogP contribution in [0, 0.1) is 5.92 Å². The Labute approximate surface area is 118 Å². The quantitative estimate of drug-likeness (QED) is 0.647. The van der Waals surface area contributed by atoms with Crippen LogP contribution in [0.2, 0.25) is 10.0 Å². The summed E-state index contributed by atoms with van der Waals surface area (Å²) in [5.74, 6) is 6.21. The lowest BCUT2D eigenvalue weighted by Gasteiger charge is -2.19. The molecule has 1 fully saturated rings. The molecule has 0 bridgehead atoms. The maximum atomic E-state index is 6.17. The number of hydrogen-bond acceptors (Lipinski definition) is 3. The van der Waals surface area contributed by atoms with E-state index >= 15 is 0 Å². The number of ether oxygens (including phenoxy) is 1. The summed E-state index contributed by atoms with van der Waals surface area (Å²) in [6.07, 6.45) is 2.94. The topological polar surface area (TPSA) is 47.3 Å². The Morgan fingerprint density at radius 1 is 1.44 bits per heavy atom. The standard InChI is InChI=1S/C13H18Cl2N2O/c14-11-2-1-10(13(15)7-11)6-12(17-16)5-9-3-4-18-8-9/h1-2,7,9,12,17H,3-6,8,16H2. The van der Waals surface area contributed by atoms with Crippen LogP contribution in [0.15, 0.2) is 18.2 Å². The maximum Gasteiger partial charge on any atom is 0.0495 e. The Kier molecular flexibility index (Phi) is 5.27. The van der Waals surface area contributed by atoms with E-state index in [2.05, 4.69) is 5.43 Å². The minimum absolute atomic E-state index is 0.218. The molecule has 3 nitrogen and oxygen atoms in total. The minimum atomic E-state index is 0.218. The van der Waals surface area contributed by atoms with Crippen LogP contribution >= 0.6 is 23.2 Å². The predicted octanol–water partition coefficient (Wildman–Crippen LogP) is 2.79. The zero-order valence-electron chi connectivity index (χ0n) is 10.2. The monoisotopic (exact) mass is 288 g/mol. The molecule has 0 aliphatic carbocycles. The highest BCUT2D eigenvalue weighted by Crippen LogP contribution is 2.24. The van der Waals surface area contributed by atoms with Crippen LogP contribution in [-0.2, 0) is 11.2 Å². The van der Waals surface area contributed by atoms with Gasteiger partial charge in [0.25, 0.3) is 0 Å². The van der Waals surface area contributed by atoms with Gasteiger partial charge < -0.3 is 4.74 Å². The summed E-state index contributed by atoms with van der Waals surface area (Å²) < 4.78 is 5.38. The maximum absolute atomic E-state index is 6.17. The molecule has 1 heterocycles. The summed E-state index contributed by atoms with van der Waals surface area (Å²) >= 11 is 12.1. The van der Waals surface area contributed by atoms with Crippen molar-refractivity contribution in [3.05, 3.63) is 33.8 Å². The number of benzene rings is 1. The van der Waals surface area contributed by atoms with E-state index in [0.29, 0.717) is 16.0 Å². The number of hydrogen-bond donors (Lipinski definition) is 2. The van der Waals surface area contributed by atoms with E-state index in [1.165, 1.54) is 0 Å². The van der Waals surface area contributed by atoms with Crippen molar-refractivity contribution in [3.8, 4) is 0 Å². The molecule has 3 N–H and O–H groups in total. The van der Waals surface area contributed by atoms with Crippen LogP contribution in [0.3, 0.4) is 0 Å². The molecular weight excluding hydrogens is 271 g/mol. The molecule has 2 atom stereocenters. The summed E-state index contributed by atoms with van der Waals surface area (Å²) in [6.45, 7) is 1.70. The van der Waals surface area contributed by atoms with Crippen molar-refractivity contribution in [1.29, 1.82) is 0 Å². The zero-order valence-corrected chi connectivity index (χ0v) is 11.7. The second-order valence-electron chi connectivity index (χ2n) is 4.77. The fourth-order valence-electron chi connectivity index (χ4n) is 2.33. The first-order valence-corrected chi connectivity index (χ1v) is 6.92. The average molecular weight is 289 g/mol. The lowest BCUT2D eigenvalue weighted by Crippen LogP contribution is -2.38. The zero-order chi connectivity index (χ0) is 13.0. The Balaban J connectivity index is 1.96. The van der Waals surface area contributed by atoms with Gasteiger partial charge in [0, 0.05) is 29.3 Å². The molecule has 18 heavy (non-hydrogen) atoms. The fourth-order valence-corrected chi connectivity index (χ4v) is 2.82. The van der Waals surface area contributed by atoms with Crippen molar-refractivity contribution in [2.45, 2.75) is 25.3 Å². The smallest absolute Gasteiger partial charge is 0.0495 e. The van der Waals surface area contributed by atoms with E-state index in [1.54, 1.807) is 6.07 Å². The van der Waals surface area contributed by atoms with Gasteiger partial charge in [-0.3, -0.25) is 11.3 Å². The first-order valence-electron chi connectivity index (χ1n) is 6.17. The summed E-state index contributed by atoms with van der Waals surface area (Å²) in [5, 5.41) is 1.36. The van der Waals surface area contributed by atoms with Gasteiger partial charge in [-0.2, -0.15) is 0 Å². The SMILES string of the molecule is NNC(Cc1ccc(Cl)cc1Cl)CC1CCOC1. The Hall–Kier alpha value is -0.320. The second kappa shape index (κ2) is 6.73. The third-order valence-corrected chi connectivity index (χ3v) is 3.95. The summed E-state index contributed by atoms with van der Waals surface area (Å²) in [5.41, 5.74) is 3.94. The van der Waals surface area contributed by atoms with Crippen LogP contribution in [0.4, 0.5) is 0 Å². The highest BCUT2D eigenvalue weighted by molar-refractivity contribution is 6.35. The van der Waals surface area contributed by atoms with E-state index in [0.717, 1.165) is 38.0 Å². The predicted molar refractivity (Wildman–Crippen MR) is 74.8 cm³/mol. The van der Waals surface area contributed by atoms with Gasteiger partial charge in [-0.15, -0.1) is 0 Å². The number of rotatable bonds is 5. The summed E-state index contributed by atoms with van der Waals surface area (Å²) in [6, 6.07) is 5.80. The van der Waals surface area contributed by atoms with Crippen LogP contribution in [0.25, 0.3) is 0 Å².